The van der Waals surface area contributed by atoms with E-state index in [-0.39, 0.29) is 46.2 Å². The van der Waals surface area contributed by atoms with Gasteiger partial charge in [-0.05, 0) is 97.0 Å². The number of carbonyl (C=O) groups is 4. The molecule has 4 amide bonds. The predicted octanol–water partition coefficient (Wildman–Crippen LogP) is 6.76. The standard InChI is InChI=1S/C45H67N11O4S2/c1-28(48)51-19-10-8-15-37(57)53-33-24-31(44(2,3)4)26-35(39(33)61-21-17-46)55-41(59)29-13-12-14-30(23-29)42(60)56-36-27-32(45(5,6)7)25-34(40(36)62-22-18-47)54-38(58)16-9-11-20-52-43(49)50/h12-14,23-27H,8-11,15-22,46-47H2,1-7H3,(H2,48,51)(H,53,57)(H,54,58)(H,55,59)(H,56,60)(H4,49,50,52). The molecule has 0 aliphatic rings. The van der Waals surface area contributed by atoms with Crippen molar-refractivity contribution < 1.29 is 19.2 Å². The molecule has 3 rings (SSSR count). The van der Waals surface area contributed by atoms with Gasteiger partial charge in [0.2, 0.25) is 11.8 Å². The molecule has 0 aliphatic heterocycles. The second kappa shape index (κ2) is 24.5. The molecule has 0 radical (unpaired) electrons. The van der Waals surface area contributed by atoms with E-state index in [1.54, 1.807) is 25.1 Å². The number of nitrogens with two attached hydrogens (primary N) is 5. The minimum Gasteiger partial charge on any atom is -0.388 e. The molecule has 0 saturated carbocycles. The third-order valence-corrected chi connectivity index (χ3v) is 11.7. The summed E-state index contributed by atoms with van der Waals surface area (Å²) in [6.07, 6.45) is 3.14. The van der Waals surface area contributed by atoms with Crippen LogP contribution in [0, 0.1) is 0 Å². The van der Waals surface area contributed by atoms with Crippen LogP contribution in [0.2, 0.25) is 0 Å². The monoisotopic (exact) mass is 889 g/mol. The van der Waals surface area contributed by atoms with Crippen LogP contribution < -0.4 is 49.9 Å². The quantitative estimate of drug-likeness (QED) is 0.0220. The molecule has 0 heterocycles. The highest BCUT2D eigenvalue weighted by Gasteiger charge is 2.24. The molecule has 0 aliphatic carbocycles. The smallest absolute Gasteiger partial charge is 0.255 e. The third kappa shape index (κ3) is 17.0. The molecule has 3 aromatic carbocycles. The van der Waals surface area contributed by atoms with Crippen molar-refractivity contribution in [2.24, 2.45) is 38.7 Å². The molecule has 14 N–H and O–H groups in total. The topological polar surface area (TPSA) is 271 Å². The number of hydrogen-bond acceptors (Lipinski definition) is 10. The lowest BCUT2D eigenvalue weighted by Gasteiger charge is -2.25. The first-order valence-electron chi connectivity index (χ1n) is 20.9. The molecule has 0 unspecified atom stereocenters. The zero-order valence-corrected chi connectivity index (χ0v) is 39.0. The number of hydrogen-bond donors (Lipinski definition) is 9. The number of amides is 4. The van der Waals surface area contributed by atoms with Gasteiger partial charge >= 0.3 is 0 Å². The van der Waals surface area contributed by atoms with E-state index in [9.17, 15) is 19.2 Å². The highest BCUT2D eigenvalue weighted by atomic mass is 32.2. The number of benzene rings is 3. The van der Waals surface area contributed by atoms with Gasteiger partial charge in [0.15, 0.2) is 5.96 Å². The zero-order chi connectivity index (χ0) is 46.0. The molecule has 62 heavy (non-hydrogen) atoms. The fourth-order valence-electron chi connectivity index (χ4n) is 6.00. The molecule has 0 aromatic heterocycles. The van der Waals surface area contributed by atoms with Crippen molar-refractivity contribution in [1.82, 2.24) is 0 Å². The molecule has 0 bridgehead atoms. The average Bonchev–Trinajstić information content (AvgIpc) is 3.18. The predicted molar refractivity (Wildman–Crippen MR) is 260 cm³/mol. The Bertz CT molecular complexity index is 1940. The van der Waals surface area contributed by atoms with E-state index in [2.05, 4.69) is 72.8 Å². The second-order valence-corrected chi connectivity index (χ2v) is 19.1. The van der Waals surface area contributed by atoms with E-state index in [1.165, 1.54) is 29.6 Å². The van der Waals surface area contributed by atoms with Gasteiger partial charge in [-0.25, -0.2) is 0 Å². The van der Waals surface area contributed by atoms with E-state index >= 15 is 0 Å². The van der Waals surface area contributed by atoms with E-state index in [0.29, 0.717) is 102 Å². The lowest BCUT2D eigenvalue weighted by atomic mass is 9.86. The maximum absolute atomic E-state index is 14.1. The Morgan fingerprint density at radius 1 is 0.581 bits per heavy atom. The average molecular weight is 890 g/mol. The highest BCUT2D eigenvalue weighted by molar-refractivity contribution is 7.99. The third-order valence-electron chi connectivity index (χ3n) is 9.35. The second-order valence-electron chi connectivity index (χ2n) is 16.9. The summed E-state index contributed by atoms with van der Waals surface area (Å²) in [4.78, 5) is 64.1. The van der Waals surface area contributed by atoms with Gasteiger partial charge < -0.3 is 49.9 Å². The minimum absolute atomic E-state index is 0.0123. The number of guanidine groups is 1. The van der Waals surface area contributed by atoms with Crippen molar-refractivity contribution in [3.8, 4) is 0 Å². The number of aliphatic imine (C=N–C) groups is 2. The number of nitrogens with zero attached hydrogens (tertiary/aromatic N) is 2. The van der Waals surface area contributed by atoms with Crippen LogP contribution in [0.4, 0.5) is 22.7 Å². The number of carbonyl (C=O) groups excluding carboxylic acids is 4. The van der Waals surface area contributed by atoms with E-state index in [1.807, 2.05) is 24.3 Å². The first-order chi connectivity index (χ1) is 29.2. The minimum atomic E-state index is -0.443. The van der Waals surface area contributed by atoms with Crippen LogP contribution in [-0.2, 0) is 20.4 Å². The van der Waals surface area contributed by atoms with Crippen molar-refractivity contribution in [2.75, 3.05) is 59.0 Å². The maximum atomic E-state index is 14.1. The first-order valence-corrected chi connectivity index (χ1v) is 22.9. The number of amidine groups is 1. The molecule has 15 nitrogen and oxygen atoms in total. The molecule has 0 spiro atoms. The van der Waals surface area contributed by atoms with Crippen molar-refractivity contribution >= 4 is 81.7 Å². The number of anilines is 4. The number of thioether (sulfide) groups is 2. The van der Waals surface area contributed by atoms with Crippen molar-refractivity contribution in [2.45, 2.75) is 108 Å². The molecule has 3 aromatic rings. The summed E-state index contributed by atoms with van der Waals surface area (Å²) in [6.45, 7) is 15.8. The van der Waals surface area contributed by atoms with Gasteiger partial charge in [0, 0.05) is 61.7 Å². The van der Waals surface area contributed by atoms with Crippen molar-refractivity contribution in [3.63, 3.8) is 0 Å². The van der Waals surface area contributed by atoms with Crippen LogP contribution in [0.15, 0.2) is 68.3 Å². The Morgan fingerprint density at radius 2 is 0.968 bits per heavy atom. The zero-order valence-electron chi connectivity index (χ0n) is 37.3. The van der Waals surface area contributed by atoms with Gasteiger partial charge in [0.1, 0.15) is 0 Å². The van der Waals surface area contributed by atoms with Crippen LogP contribution in [0.5, 0.6) is 0 Å². The van der Waals surface area contributed by atoms with Gasteiger partial charge in [-0.15, -0.1) is 23.5 Å². The Hall–Kier alpha value is -5.10. The number of nitrogens with one attached hydrogen (secondary N) is 4. The lowest BCUT2D eigenvalue weighted by Crippen LogP contribution is -2.23. The molecule has 0 fully saturated rings. The van der Waals surface area contributed by atoms with Crippen LogP contribution in [0.25, 0.3) is 0 Å². The lowest BCUT2D eigenvalue weighted by molar-refractivity contribution is -0.117. The highest BCUT2D eigenvalue weighted by Crippen LogP contribution is 2.41. The summed E-state index contributed by atoms with van der Waals surface area (Å²) in [6, 6.07) is 14.2. The van der Waals surface area contributed by atoms with Gasteiger partial charge in [-0.3, -0.25) is 29.2 Å². The molecule has 17 heteroatoms. The molecule has 0 atom stereocenters. The SMILES string of the molecule is CC(N)=NCCCCC(=O)Nc1cc(C(C)(C)C)cc(NC(=O)c2cccc(C(=O)Nc3cc(C(C)(C)C)cc(NC(=O)CCCCN=C(N)N)c3SCCN)c2)c1SCCN. The Labute approximate surface area is 375 Å². The summed E-state index contributed by atoms with van der Waals surface area (Å²) < 4.78 is 0. The largest absolute Gasteiger partial charge is 0.388 e. The van der Waals surface area contributed by atoms with Crippen LogP contribution in [-0.4, -0.2) is 73.1 Å². The van der Waals surface area contributed by atoms with Gasteiger partial charge in [-0.2, -0.15) is 0 Å². The van der Waals surface area contributed by atoms with Crippen molar-refractivity contribution in [1.29, 1.82) is 0 Å². The van der Waals surface area contributed by atoms with Gasteiger partial charge in [0.25, 0.3) is 11.8 Å². The number of rotatable bonds is 22. The van der Waals surface area contributed by atoms with E-state index in [0.717, 1.165) is 17.5 Å². The Balaban J connectivity index is 1.95. The molecular weight excluding hydrogens is 823 g/mol. The molecule has 338 valence electrons. The molecular formula is C45H67N11O4S2. The van der Waals surface area contributed by atoms with Gasteiger partial charge in [0.05, 0.1) is 38.4 Å². The van der Waals surface area contributed by atoms with Crippen molar-refractivity contribution in [3.05, 3.63) is 70.8 Å². The summed E-state index contributed by atoms with van der Waals surface area (Å²) in [5.74, 6) is 0.380. The fourth-order valence-corrected chi connectivity index (χ4v) is 7.71. The maximum Gasteiger partial charge on any atom is 0.255 e. The molecule has 0 saturated heterocycles. The summed E-state index contributed by atoms with van der Waals surface area (Å²) in [5, 5.41) is 12.3. The summed E-state index contributed by atoms with van der Waals surface area (Å²) in [5.41, 5.74) is 32.1. The summed E-state index contributed by atoms with van der Waals surface area (Å²) in [7, 11) is 0. The Kier molecular flexibility index (Phi) is 20.3. The van der Waals surface area contributed by atoms with Crippen LogP contribution in [0.3, 0.4) is 0 Å². The van der Waals surface area contributed by atoms with Crippen LogP contribution in [0.1, 0.15) is 119 Å². The van der Waals surface area contributed by atoms with E-state index < -0.39 is 11.8 Å². The Morgan fingerprint density at radius 3 is 1.32 bits per heavy atom. The normalized spacial score (nSPS) is 11.8. The fraction of sp³-hybridized carbons (Fsp3) is 0.467. The van der Waals surface area contributed by atoms with Crippen LogP contribution >= 0.6 is 23.5 Å². The summed E-state index contributed by atoms with van der Waals surface area (Å²) >= 11 is 2.87. The number of unbranched alkanes of at least 4 members (excludes halogenated alkanes) is 2. The van der Waals surface area contributed by atoms with Gasteiger partial charge in [-0.1, -0.05) is 47.6 Å². The first kappa shape index (κ1) is 51.3. The van der Waals surface area contributed by atoms with E-state index in [4.69, 9.17) is 28.7 Å².